The Balaban J connectivity index is 1.70. The van der Waals surface area contributed by atoms with Crippen LogP contribution in [0.3, 0.4) is 0 Å². The number of aliphatic hydroxyl groups excluding tert-OH is 7. The Hall–Kier alpha value is -1.50. The third-order valence-electron chi connectivity index (χ3n) is 15.6. The average Bonchev–Trinajstić information content (AvgIpc) is 3.42. The van der Waals surface area contributed by atoms with E-state index in [1.165, 1.54) is 205 Å². The number of rotatable bonds is 52. The first kappa shape index (κ1) is 70.6. The van der Waals surface area contributed by atoms with E-state index in [9.17, 15) is 45.3 Å². The van der Waals surface area contributed by atoms with Gasteiger partial charge in [0.05, 0.1) is 19.8 Å². The maximum Gasteiger partial charge on any atom is 0.306 e. The van der Waals surface area contributed by atoms with Crippen LogP contribution in [0.4, 0.5) is 0 Å². The third kappa shape index (κ3) is 34.6. The van der Waals surface area contributed by atoms with Gasteiger partial charge in [-0.15, -0.1) is 0 Å². The van der Waals surface area contributed by atoms with Crippen molar-refractivity contribution in [2.45, 2.75) is 351 Å². The van der Waals surface area contributed by atoms with Crippen molar-refractivity contribution >= 4 is 11.9 Å². The molecule has 2 fully saturated rings. The number of ether oxygens (including phenoxy) is 6. The normalized spacial score (nSPS) is 24.2. The van der Waals surface area contributed by atoms with Gasteiger partial charge in [-0.05, 0) is 12.8 Å². The minimum Gasteiger partial charge on any atom is -0.462 e. The molecular weight excluding hydrogens is 973 g/mol. The smallest absolute Gasteiger partial charge is 0.306 e. The maximum atomic E-state index is 13.1. The van der Waals surface area contributed by atoms with Crippen LogP contribution in [0.25, 0.3) is 0 Å². The van der Waals surface area contributed by atoms with Crippen molar-refractivity contribution in [1.82, 2.24) is 0 Å². The summed E-state index contributed by atoms with van der Waals surface area (Å²) in [6.07, 6.45) is 34.1. The van der Waals surface area contributed by atoms with Gasteiger partial charge in [-0.25, -0.2) is 0 Å². The first-order valence-electron chi connectivity index (χ1n) is 31.6. The van der Waals surface area contributed by atoms with E-state index < -0.39 is 92.7 Å². The molecular formula is C61H116O15. The summed E-state index contributed by atoms with van der Waals surface area (Å²) in [4.78, 5) is 26.0. The summed E-state index contributed by atoms with van der Waals surface area (Å²) in [6.45, 7) is 2.68. The Bertz CT molecular complexity index is 1320. The lowest BCUT2D eigenvalue weighted by atomic mass is 9.98. The molecule has 4 unspecified atom stereocenters. The van der Waals surface area contributed by atoms with Gasteiger partial charge in [0.1, 0.15) is 55.4 Å². The van der Waals surface area contributed by atoms with Crippen molar-refractivity contribution in [2.24, 2.45) is 0 Å². The molecule has 0 aliphatic carbocycles. The summed E-state index contributed by atoms with van der Waals surface area (Å²) < 4.78 is 33.8. The molecule has 0 radical (unpaired) electrons. The van der Waals surface area contributed by atoms with Crippen molar-refractivity contribution in [1.29, 1.82) is 0 Å². The summed E-state index contributed by atoms with van der Waals surface area (Å²) in [6, 6.07) is 0. The highest BCUT2D eigenvalue weighted by Gasteiger charge is 2.47. The zero-order valence-corrected chi connectivity index (χ0v) is 48.3. The molecule has 11 atom stereocenters. The minimum atomic E-state index is -1.76. The molecule has 2 heterocycles. The Morgan fingerprint density at radius 1 is 0.368 bits per heavy atom. The molecule has 15 nitrogen and oxygen atoms in total. The summed E-state index contributed by atoms with van der Waals surface area (Å²) in [5, 5.41) is 72.4. The van der Waals surface area contributed by atoms with Gasteiger partial charge >= 0.3 is 11.9 Å². The largest absolute Gasteiger partial charge is 0.462 e. The van der Waals surface area contributed by atoms with Crippen LogP contribution >= 0.6 is 0 Å². The van der Waals surface area contributed by atoms with Crippen LogP contribution < -0.4 is 0 Å². The molecule has 0 aromatic carbocycles. The van der Waals surface area contributed by atoms with Crippen LogP contribution in [0.2, 0.25) is 0 Å². The first-order chi connectivity index (χ1) is 37.0. The van der Waals surface area contributed by atoms with Gasteiger partial charge in [0.15, 0.2) is 18.7 Å². The molecule has 7 N–H and O–H groups in total. The van der Waals surface area contributed by atoms with Gasteiger partial charge in [-0.2, -0.15) is 0 Å². The zero-order chi connectivity index (χ0) is 55.3. The molecule has 2 aliphatic heterocycles. The van der Waals surface area contributed by atoms with Crippen LogP contribution in [-0.2, 0) is 38.0 Å². The van der Waals surface area contributed by atoms with E-state index in [1.54, 1.807) is 0 Å². The van der Waals surface area contributed by atoms with Gasteiger partial charge in [0.2, 0.25) is 0 Å². The predicted octanol–water partition coefficient (Wildman–Crippen LogP) is 11.5. The molecule has 0 bridgehead atoms. The van der Waals surface area contributed by atoms with Crippen LogP contribution in [0, 0.1) is 0 Å². The highest BCUT2D eigenvalue weighted by atomic mass is 16.7. The number of carbonyl (C=O) groups is 2. The molecule has 15 heteroatoms. The number of hydrogen-bond donors (Lipinski definition) is 7. The number of hydrogen-bond acceptors (Lipinski definition) is 15. The molecule has 0 spiro atoms. The fourth-order valence-electron chi connectivity index (χ4n) is 10.5. The molecule has 0 amide bonds. The molecule has 0 saturated carbocycles. The molecule has 450 valence electrons. The molecule has 0 aromatic rings. The van der Waals surface area contributed by atoms with E-state index in [0.29, 0.717) is 12.8 Å². The lowest BCUT2D eigenvalue weighted by Crippen LogP contribution is -2.61. The lowest BCUT2D eigenvalue weighted by molar-refractivity contribution is -0.332. The maximum absolute atomic E-state index is 13.1. The highest BCUT2D eigenvalue weighted by Crippen LogP contribution is 2.27. The van der Waals surface area contributed by atoms with Gasteiger partial charge in [-0.1, -0.05) is 258 Å². The molecule has 0 aromatic heterocycles. The lowest BCUT2D eigenvalue weighted by Gasteiger charge is -2.42. The number of aliphatic hydroxyl groups is 7. The second kappa shape index (κ2) is 48.2. The van der Waals surface area contributed by atoms with E-state index in [1.807, 2.05) is 0 Å². The van der Waals surface area contributed by atoms with E-state index in [-0.39, 0.29) is 26.1 Å². The molecule has 2 saturated heterocycles. The summed E-state index contributed by atoms with van der Waals surface area (Å²) >= 11 is 0. The average molecular weight is 1090 g/mol. The second-order valence-electron chi connectivity index (χ2n) is 22.6. The topological polar surface area (TPSA) is 231 Å². The van der Waals surface area contributed by atoms with Gasteiger partial charge < -0.3 is 64.2 Å². The van der Waals surface area contributed by atoms with Gasteiger partial charge in [-0.3, -0.25) is 9.59 Å². The van der Waals surface area contributed by atoms with Gasteiger partial charge in [0, 0.05) is 12.8 Å². The molecule has 76 heavy (non-hydrogen) atoms. The van der Waals surface area contributed by atoms with Crippen molar-refractivity contribution in [3.05, 3.63) is 0 Å². The SMILES string of the molecule is CCCCCCCCCCCCCCCCCCCCCCCC(=O)OC[C@@H](CO[C@@H]1O[C@H](CO[C@@H]2O[C@H](CO)[C@H](O)C(O)C2O)[C@H](O)C(O)C1O)OC(=O)CCCCCCCCCCCCCCCCCCCCC. The van der Waals surface area contributed by atoms with E-state index in [0.717, 1.165) is 38.5 Å². The van der Waals surface area contributed by atoms with Crippen molar-refractivity contribution in [3.8, 4) is 0 Å². The van der Waals surface area contributed by atoms with Crippen molar-refractivity contribution in [2.75, 3.05) is 26.4 Å². The second-order valence-corrected chi connectivity index (χ2v) is 22.6. The van der Waals surface area contributed by atoms with Crippen LogP contribution in [-0.4, -0.2) is 142 Å². The zero-order valence-electron chi connectivity index (χ0n) is 48.3. The summed E-state index contributed by atoms with van der Waals surface area (Å²) in [5.74, 6) is -0.900. The van der Waals surface area contributed by atoms with Crippen LogP contribution in [0.5, 0.6) is 0 Å². The predicted molar refractivity (Wildman–Crippen MR) is 298 cm³/mol. The van der Waals surface area contributed by atoms with E-state index in [4.69, 9.17) is 28.4 Å². The number of esters is 2. The third-order valence-corrected chi connectivity index (χ3v) is 15.6. The Morgan fingerprint density at radius 2 is 0.671 bits per heavy atom. The highest BCUT2D eigenvalue weighted by molar-refractivity contribution is 5.70. The number of unbranched alkanes of at least 4 members (excludes halogenated alkanes) is 38. The van der Waals surface area contributed by atoms with Crippen LogP contribution in [0.15, 0.2) is 0 Å². The molecule has 2 aliphatic rings. The Morgan fingerprint density at radius 3 is 1.03 bits per heavy atom. The number of carbonyl (C=O) groups excluding carboxylic acids is 2. The first-order valence-corrected chi connectivity index (χ1v) is 31.6. The van der Waals surface area contributed by atoms with Crippen LogP contribution in [0.1, 0.15) is 284 Å². The Kier molecular flexibility index (Phi) is 44.8. The Labute approximate surface area is 461 Å². The monoisotopic (exact) mass is 1090 g/mol. The van der Waals surface area contributed by atoms with Crippen molar-refractivity contribution in [3.63, 3.8) is 0 Å². The standard InChI is InChI=1S/C61H116O15/c1-3-5-7-9-11-13-15-17-19-21-23-24-26-27-29-31-33-35-37-39-41-43-52(63)71-46-49(74-53(64)44-42-40-38-36-34-32-30-28-25-22-20-18-16-14-12-10-8-6-4-2)47-72-60-59(70)57(68)55(66)51(76-60)48-73-61-58(69)56(67)54(65)50(45-62)75-61/h49-51,54-62,65-70H,3-48H2,1-2H3/t49-,50+,51+,54-,55-,56?,57?,58?,59?,60+,61+/m0/s1. The fraction of sp³-hybridized carbons (Fsp3) is 0.967. The fourth-order valence-corrected chi connectivity index (χ4v) is 10.5. The van der Waals surface area contributed by atoms with E-state index in [2.05, 4.69) is 13.8 Å². The molecule has 2 rings (SSSR count). The quantitative estimate of drug-likeness (QED) is 0.0222. The summed E-state index contributed by atoms with van der Waals surface area (Å²) in [7, 11) is 0. The van der Waals surface area contributed by atoms with E-state index >= 15 is 0 Å². The van der Waals surface area contributed by atoms with Gasteiger partial charge in [0.25, 0.3) is 0 Å². The minimum absolute atomic E-state index is 0.174. The van der Waals surface area contributed by atoms with Crippen molar-refractivity contribution < 1.29 is 73.8 Å². The summed E-state index contributed by atoms with van der Waals surface area (Å²) in [5.41, 5.74) is 0.